The molecule has 100 valence electrons. The average molecular weight is 284 g/mol. The molecule has 0 bridgehead atoms. The molecule has 0 aliphatic heterocycles. The van der Waals surface area contributed by atoms with Gasteiger partial charge >= 0.3 is 5.97 Å². The Bertz CT molecular complexity index is 628. The lowest BCUT2D eigenvalue weighted by Gasteiger charge is -2.06. The van der Waals surface area contributed by atoms with E-state index in [4.69, 9.17) is 5.11 Å². The molecule has 1 aromatic carbocycles. The molecule has 4 nitrogen and oxygen atoms in total. The Morgan fingerprint density at radius 3 is 2.84 bits per heavy atom. The fraction of sp³-hybridized carbons (Fsp3) is 0.167. The van der Waals surface area contributed by atoms with E-state index in [1.54, 1.807) is 6.92 Å². The summed E-state index contributed by atoms with van der Waals surface area (Å²) in [6, 6.07) is 3.25. The number of benzene rings is 1. The van der Waals surface area contributed by atoms with Gasteiger partial charge in [0, 0.05) is 18.2 Å². The van der Waals surface area contributed by atoms with E-state index < -0.39 is 17.6 Å². The Labute approximate surface area is 111 Å². The number of aromatic carboxylic acids is 1. The summed E-state index contributed by atoms with van der Waals surface area (Å²) in [5.41, 5.74) is 0.732. The van der Waals surface area contributed by atoms with Crippen LogP contribution in [0.5, 0.6) is 0 Å². The molecule has 0 atom stereocenters. The molecule has 7 heteroatoms. The van der Waals surface area contributed by atoms with Crippen molar-refractivity contribution in [1.82, 2.24) is 4.37 Å². The van der Waals surface area contributed by atoms with Crippen molar-refractivity contribution < 1.29 is 18.7 Å². The fourth-order valence-corrected chi connectivity index (χ4v) is 2.37. The highest BCUT2D eigenvalue weighted by Gasteiger charge is 2.17. The number of nitrogens with one attached hydrogen (secondary N) is 1. The minimum Gasteiger partial charge on any atom is -0.478 e. The molecule has 2 N–H and O–H groups in total. The van der Waals surface area contributed by atoms with Gasteiger partial charge in [0.25, 0.3) is 0 Å². The summed E-state index contributed by atoms with van der Waals surface area (Å²) in [7, 11) is 0. The van der Waals surface area contributed by atoms with Gasteiger partial charge in [-0.15, -0.1) is 0 Å². The van der Waals surface area contributed by atoms with Crippen LogP contribution in [0.25, 0.3) is 0 Å². The molecule has 2 aromatic rings. The van der Waals surface area contributed by atoms with E-state index in [-0.39, 0.29) is 17.7 Å². The van der Waals surface area contributed by atoms with E-state index in [2.05, 4.69) is 9.69 Å². The maximum atomic E-state index is 13.4. The predicted octanol–water partition coefficient (Wildman–Crippen LogP) is 3.04. The molecule has 1 aromatic heterocycles. The van der Waals surface area contributed by atoms with E-state index in [9.17, 15) is 13.6 Å². The monoisotopic (exact) mass is 284 g/mol. The number of carboxylic acids is 1. The van der Waals surface area contributed by atoms with Crippen molar-refractivity contribution in [3.8, 4) is 0 Å². The lowest BCUT2D eigenvalue weighted by Crippen LogP contribution is -2.06. The summed E-state index contributed by atoms with van der Waals surface area (Å²) < 4.78 is 30.1. The van der Waals surface area contributed by atoms with Gasteiger partial charge in [-0.25, -0.2) is 13.6 Å². The molecule has 0 aliphatic carbocycles. The maximum absolute atomic E-state index is 13.4. The first kappa shape index (κ1) is 13.4. The summed E-state index contributed by atoms with van der Waals surface area (Å²) in [5.74, 6) is -2.42. The molecule has 0 radical (unpaired) electrons. The van der Waals surface area contributed by atoms with Crippen molar-refractivity contribution in [2.45, 2.75) is 13.5 Å². The highest BCUT2D eigenvalue weighted by molar-refractivity contribution is 7.10. The lowest BCUT2D eigenvalue weighted by molar-refractivity contribution is 0.0697. The quantitative estimate of drug-likeness (QED) is 0.906. The first-order valence-electron chi connectivity index (χ1n) is 5.36. The van der Waals surface area contributed by atoms with E-state index in [0.29, 0.717) is 10.7 Å². The summed E-state index contributed by atoms with van der Waals surface area (Å²) in [5, 5.41) is 12.2. The molecular formula is C12H10F2N2O2S. The van der Waals surface area contributed by atoms with Gasteiger partial charge < -0.3 is 10.4 Å². The number of rotatable bonds is 4. The van der Waals surface area contributed by atoms with Crippen molar-refractivity contribution >= 4 is 22.5 Å². The van der Waals surface area contributed by atoms with Gasteiger partial charge in [-0.2, -0.15) is 4.37 Å². The van der Waals surface area contributed by atoms with Crippen molar-refractivity contribution in [2.75, 3.05) is 5.32 Å². The SMILES string of the molecule is Cc1nsc(NCc2ccc(F)cc2F)c1C(=O)O. The summed E-state index contributed by atoms with van der Waals surface area (Å²) in [6.45, 7) is 1.65. The first-order chi connectivity index (χ1) is 8.99. The molecule has 0 fully saturated rings. The van der Waals surface area contributed by atoms with Crippen molar-refractivity contribution in [3.63, 3.8) is 0 Å². The van der Waals surface area contributed by atoms with Crippen LogP contribution in [0.15, 0.2) is 18.2 Å². The van der Waals surface area contributed by atoms with E-state index in [1.807, 2.05) is 0 Å². The van der Waals surface area contributed by atoms with Gasteiger partial charge in [0.2, 0.25) is 0 Å². The molecule has 0 unspecified atom stereocenters. The number of carboxylic acid groups (broad SMARTS) is 1. The van der Waals surface area contributed by atoms with Crippen LogP contribution in [0.4, 0.5) is 13.8 Å². The third-order valence-electron chi connectivity index (χ3n) is 2.53. The maximum Gasteiger partial charge on any atom is 0.340 e. The lowest BCUT2D eigenvalue weighted by atomic mass is 10.2. The number of carbonyl (C=O) groups is 1. The van der Waals surface area contributed by atoms with Crippen molar-refractivity contribution in [1.29, 1.82) is 0 Å². The molecular weight excluding hydrogens is 274 g/mol. The number of aromatic nitrogens is 1. The highest BCUT2D eigenvalue weighted by atomic mass is 32.1. The Balaban J connectivity index is 2.17. The van der Waals surface area contributed by atoms with Gasteiger partial charge in [-0.05, 0) is 24.5 Å². The molecule has 0 saturated heterocycles. The smallest absolute Gasteiger partial charge is 0.340 e. The second-order valence-electron chi connectivity index (χ2n) is 3.87. The van der Waals surface area contributed by atoms with E-state index in [0.717, 1.165) is 23.7 Å². The van der Waals surface area contributed by atoms with Crippen LogP contribution < -0.4 is 5.32 Å². The highest BCUT2D eigenvalue weighted by Crippen LogP contribution is 2.25. The second kappa shape index (κ2) is 5.31. The van der Waals surface area contributed by atoms with Gasteiger partial charge in [0.1, 0.15) is 22.2 Å². The van der Waals surface area contributed by atoms with Crippen LogP contribution in [0.3, 0.4) is 0 Å². The normalized spacial score (nSPS) is 10.5. The van der Waals surface area contributed by atoms with Crippen LogP contribution >= 0.6 is 11.5 Å². The number of hydrogen-bond acceptors (Lipinski definition) is 4. The first-order valence-corrected chi connectivity index (χ1v) is 6.13. The van der Waals surface area contributed by atoms with Gasteiger partial charge in [0.05, 0.1) is 5.69 Å². The van der Waals surface area contributed by atoms with Crippen molar-refractivity contribution in [3.05, 3.63) is 46.7 Å². The minimum atomic E-state index is -1.09. The zero-order chi connectivity index (χ0) is 14.0. The number of hydrogen-bond donors (Lipinski definition) is 2. The number of nitrogens with zero attached hydrogens (tertiary/aromatic N) is 1. The Kier molecular flexibility index (Phi) is 3.75. The molecule has 19 heavy (non-hydrogen) atoms. The van der Waals surface area contributed by atoms with Gasteiger partial charge in [-0.3, -0.25) is 0 Å². The van der Waals surface area contributed by atoms with Crippen LogP contribution in [0, 0.1) is 18.6 Å². The number of aryl methyl sites for hydroxylation is 1. The molecule has 2 rings (SSSR count). The van der Waals surface area contributed by atoms with Crippen molar-refractivity contribution in [2.24, 2.45) is 0 Å². The van der Waals surface area contributed by atoms with E-state index in [1.165, 1.54) is 6.07 Å². The number of halogens is 2. The summed E-state index contributed by atoms with van der Waals surface area (Å²) >= 11 is 0.994. The standard InChI is InChI=1S/C12H10F2N2O2S/c1-6-10(12(17)18)11(19-16-6)15-5-7-2-3-8(13)4-9(7)14/h2-4,15H,5H2,1H3,(H,17,18). The van der Waals surface area contributed by atoms with Crippen LogP contribution in [0.2, 0.25) is 0 Å². The fourth-order valence-electron chi connectivity index (χ4n) is 1.58. The van der Waals surface area contributed by atoms with Crippen LogP contribution in [0.1, 0.15) is 21.6 Å². The summed E-state index contributed by atoms with van der Waals surface area (Å²) in [4.78, 5) is 11.0. The molecule has 0 amide bonds. The zero-order valence-corrected chi connectivity index (χ0v) is 10.7. The molecule has 0 aliphatic rings. The van der Waals surface area contributed by atoms with Crippen LogP contribution in [-0.2, 0) is 6.54 Å². The predicted molar refractivity (Wildman–Crippen MR) is 67.5 cm³/mol. The third-order valence-corrected chi connectivity index (χ3v) is 3.43. The number of anilines is 1. The van der Waals surface area contributed by atoms with Gasteiger partial charge in [-0.1, -0.05) is 6.07 Å². The van der Waals surface area contributed by atoms with E-state index >= 15 is 0 Å². The largest absolute Gasteiger partial charge is 0.478 e. The van der Waals surface area contributed by atoms with Gasteiger partial charge in [0.15, 0.2) is 0 Å². The third kappa shape index (κ3) is 2.87. The molecule has 0 spiro atoms. The zero-order valence-electron chi connectivity index (χ0n) is 9.91. The second-order valence-corrected chi connectivity index (χ2v) is 4.64. The summed E-state index contributed by atoms with van der Waals surface area (Å²) in [6.07, 6.45) is 0. The average Bonchev–Trinajstić information content (AvgIpc) is 2.69. The minimum absolute atomic E-state index is 0.0635. The molecule has 1 heterocycles. The Morgan fingerprint density at radius 1 is 1.47 bits per heavy atom. The molecule has 0 saturated carbocycles. The topological polar surface area (TPSA) is 62.2 Å². The Morgan fingerprint density at radius 2 is 2.21 bits per heavy atom. The van der Waals surface area contributed by atoms with Crippen LogP contribution in [-0.4, -0.2) is 15.4 Å². The Hall–Kier alpha value is -2.02.